The van der Waals surface area contributed by atoms with E-state index in [1.165, 1.54) is 6.07 Å². The molecular weight excluding hydrogens is 184 g/mol. The molecule has 0 radical (unpaired) electrons. The normalized spacial score (nSPS) is 17.0. The number of aromatic amines is 2. The Morgan fingerprint density at radius 3 is 2.57 bits per heavy atom. The van der Waals surface area contributed by atoms with Gasteiger partial charge in [0.1, 0.15) is 5.69 Å². The number of H-pyrrole nitrogens is 2. The summed E-state index contributed by atoms with van der Waals surface area (Å²) >= 11 is 0. The Hall–Kier alpha value is -1.56. The van der Waals surface area contributed by atoms with Gasteiger partial charge in [0.2, 0.25) is 0 Å². The van der Waals surface area contributed by atoms with Crippen LogP contribution in [-0.4, -0.2) is 47.2 Å². The first-order valence-electron chi connectivity index (χ1n) is 4.55. The highest BCUT2D eigenvalue weighted by Gasteiger charge is 2.18. The lowest BCUT2D eigenvalue weighted by molar-refractivity contribution is 0.0730. The highest BCUT2D eigenvalue weighted by atomic mass is 16.2. The van der Waals surface area contributed by atoms with Crippen LogP contribution in [0.5, 0.6) is 0 Å². The van der Waals surface area contributed by atoms with Crippen molar-refractivity contribution in [2.45, 2.75) is 0 Å². The fourth-order valence-corrected chi connectivity index (χ4v) is 1.49. The van der Waals surface area contributed by atoms with Gasteiger partial charge >= 0.3 is 0 Å². The van der Waals surface area contributed by atoms with Gasteiger partial charge in [-0.25, -0.2) is 0 Å². The zero-order valence-corrected chi connectivity index (χ0v) is 7.67. The predicted octanol–water partition coefficient (Wildman–Crippen LogP) is -1.25. The number of aromatic nitrogens is 2. The molecule has 0 saturated carbocycles. The van der Waals surface area contributed by atoms with Gasteiger partial charge in [-0.1, -0.05) is 0 Å². The molecule has 1 saturated heterocycles. The lowest BCUT2D eigenvalue weighted by Gasteiger charge is -2.26. The lowest BCUT2D eigenvalue weighted by atomic mass is 10.3. The van der Waals surface area contributed by atoms with E-state index in [0.29, 0.717) is 18.8 Å². The van der Waals surface area contributed by atoms with Gasteiger partial charge in [0.05, 0.1) is 0 Å². The second-order valence-corrected chi connectivity index (χ2v) is 3.21. The molecule has 6 nitrogen and oxygen atoms in total. The van der Waals surface area contributed by atoms with Gasteiger partial charge in [0, 0.05) is 32.2 Å². The maximum atomic E-state index is 11.7. The zero-order chi connectivity index (χ0) is 9.97. The monoisotopic (exact) mass is 196 g/mol. The maximum Gasteiger partial charge on any atom is 0.272 e. The second-order valence-electron chi connectivity index (χ2n) is 3.21. The molecule has 0 unspecified atom stereocenters. The van der Waals surface area contributed by atoms with E-state index in [9.17, 15) is 9.59 Å². The first-order chi connectivity index (χ1) is 6.77. The number of carbonyl (C=O) groups excluding carboxylic acids is 1. The molecule has 14 heavy (non-hydrogen) atoms. The van der Waals surface area contributed by atoms with Crippen LogP contribution in [0.25, 0.3) is 0 Å². The van der Waals surface area contributed by atoms with E-state index >= 15 is 0 Å². The molecular formula is C8H12N4O2. The highest BCUT2D eigenvalue weighted by Crippen LogP contribution is 1.99. The van der Waals surface area contributed by atoms with Gasteiger partial charge < -0.3 is 10.2 Å². The van der Waals surface area contributed by atoms with E-state index in [4.69, 9.17) is 0 Å². The van der Waals surface area contributed by atoms with Gasteiger partial charge in [-0.3, -0.25) is 19.8 Å². The smallest absolute Gasteiger partial charge is 0.272 e. The van der Waals surface area contributed by atoms with Crippen molar-refractivity contribution in [1.29, 1.82) is 0 Å². The summed E-state index contributed by atoms with van der Waals surface area (Å²) < 4.78 is 0. The van der Waals surface area contributed by atoms with Gasteiger partial charge in [0.25, 0.3) is 11.5 Å². The fourth-order valence-electron chi connectivity index (χ4n) is 1.49. The van der Waals surface area contributed by atoms with Crippen molar-refractivity contribution in [2.24, 2.45) is 0 Å². The SMILES string of the molecule is O=C(c1cc(=O)[nH][nH]1)N1CCNCC1. The van der Waals surface area contributed by atoms with Gasteiger partial charge in [0.15, 0.2) is 0 Å². The van der Waals surface area contributed by atoms with E-state index < -0.39 is 0 Å². The molecule has 0 spiro atoms. The first kappa shape index (κ1) is 9.01. The fraction of sp³-hybridized carbons (Fsp3) is 0.500. The zero-order valence-electron chi connectivity index (χ0n) is 7.67. The van der Waals surface area contributed by atoms with E-state index in [1.807, 2.05) is 0 Å². The van der Waals surface area contributed by atoms with Crippen LogP contribution in [0.4, 0.5) is 0 Å². The third-order valence-electron chi connectivity index (χ3n) is 2.23. The van der Waals surface area contributed by atoms with Crippen molar-refractivity contribution in [3.8, 4) is 0 Å². The molecule has 1 fully saturated rings. The molecule has 0 aromatic carbocycles. The topological polar surface area (TPSA) is 81.0 Å². The minimum Gasteiger partial charge on any atom is -0.335 e. The Balaban J connectivity index is 2.10. The molecule has 2 rings (SSSR count). The van der Waals surface area contributed by atoms with Crippen molar-refractivity contribution in [3.05, 3.63) is 22.1 Å². The maximum absolute atomic E-state index is 11.7. The molecule has 1 aliphatic rings. The number of nitrogens with one attached hydrogen (secondary N) is 3. The standard InChI is InChI=1S/C8H12N4O2/c13-7-5-6(10-11-7)8(14)12-3-1-9-2-4-12/h5,9H,1-4H2,(H2,10,11,13). The van der Waals surface area contributed by atoms with Crippen LogP contribution in [0.15, 0.2) is 10.9 Å². The molecule has 1 aromatic rings. The number of amides is 1. The quantitative estimate of drug-likeness (QED) is 0.525. The molecule has 2 heterocycles. The van der Waals surface area contributed by atoms with E-state index in [-0.39, 0.29) is 11.5 Å². The van der Waals surface area contributed by atoms with E-state index in [1.54, 1.807) is 4.90 Å². The third-order valence-corrected chi connectivity index (χ3v) is 2.23. The van der Waals surface area contributed by atoms with E-state index in [0.717, 1.165) is 13.1 Å². The average Bonchev–Trinajstić information content (AvgIpc) is 2.65. The minimum absolute atomic E-state index is 0.121. The van der Waals surface area contributed by atoms with Crippen molar-refractivity contribution in [2.75, 3.05) is 26.2 Å². The Labute approximate surface area is 80.3 Å². The van der Waals surface area contributed by atoms with Crippen molar-refractivity contribution in [3.63, 3.8) is 0 Å². The van der Waals surface area contributed by atoms with Crippen LogP contribution in [0.1, 0.15) is 10.5 Å². The lowest BCUT2D eigenvalue weighted by Crippen LogP contribution is -2.46. The van der Waals surface area contributed by atoms with Crippen molar-refractivity contribution < 1.29 is 4.79 Å². The molecule has 1 amide bonds. The molecule has 1 aliphatic heterocycles. The molecule has 1 aromatic heterocycles. The number of hydrogen-bond donors (Lipinski definition) is 3. The predicted molar refractivity (Wildman–Crippen MR) is 50.2 cm³/mol. The van der Waals surface area contributed by atoms with Crippen molar-refractivity contribution in [1.82, 2.24) is 20.4 Å². The Kier molecular flexibility index (Phi) is 2.36. The molecule has 0 atom stereocenters. The summed E-state index contributed by atoms with van der Waals surface area (Å²) in [4.78, 5) is 24.2. The van der Waals surface area contributed by atoms with Crippen molar-refractivity contribution >= 4 is 5.91 Å². The summed E-state index contributed by atoms with van der Waals surface area (Å²) in [5, 5.41) is 8.05. The Bertz CT molecular complexity index is 375. The largest absolute Gasteiger partial charge is 0.335 e. The van der Waals surface area contributed by atoms with Gasteiger partial charge in [-0.2, -0.15) is 0 Å². The molecule has 0 bridgehead atoms. The summed E-state index contributed by atoms with van der Waals surface area (Å²) in [6.07, 6.45) is 0. The Morgan fingerprint density at radius 2 is 2.00 bits per heavy atom. The minimum atomic E-state index is -0.275. The summed E-state index contributed by atoms with van der Waals surface area (Å²) in [7, 11) is 0. The number of hydrogen-bond acceptors (Lipinski definition) is 3. The van der Waals surface area contributed by atoms with Gasteiger partial charge in [-0.15, -0.1) is 0 Å². The van der Waals surface area contributed by atoms with Crippen LogP contribution >= 0.6 is 0 Å². The highest BCUT2D eigenvalue weighted by molar-refractivity contribution is 5.92. The van der Waals surface area contributed by atoms with Crippen LogP contribution in [0, 0.1) is 0 Å². The van der Waals surface area contributed by atoms with Crippen LogP contribution < -0.4 is 10.9 Å². The van der Waals surface area contributed by atoms with Crippen LogP contribution in [-0.2, 0) is 0 Å². The Morgan fingerprint density at radius 1 is 1.29 bits per heavy atom. The van der Waals surface area contributed by atoms with Crippen LogP contribution in [0.3, 0.4) is 0 Å². The number of nitrogens with zero attached hydrogens (tertiary/aromatic N) is 1. The second kappa shape index (κ2) is 3.67. The number of rotatable bonds is 1. The summed E-state index contributed by atoms with van der Waals surface area (Å²) in [5.41, 5.74) is 0.0559. The number of piperazine rings is 1. The molecule has 3 N–H and O–H groups in total. The van der Waals surface area contributed by atoms with Crippen LogP contribution in [0.2, 0.25) is 0 Å². The molecule has 6 heteroatoms. The summed E-state index contributed by atoms with van der Waals surface area (Å²) in [6, 6.07) is 1.28. The molecule has 0 aliphatic carbocycles. The number of carbonyl (C=O) groups is 1. The summed E-state index contributed by atoms with van der Waals surface area (Å²) in [5.74, 6) is -0.121. The van der Waals surface area contributed by atoms with E-state index in [2.05, 4.69) is 15.5 Å². The summed E-state index contributed by atoms with van der Waals surface area (Å²) in [6.45, 7) is 2.98. The average molecular weight is 196 g/mol. The first-order valence-corrected chi connectivity index (χ1v) is 4.55. The molecule has 76 valence electrons. The van der Waals surface area contributed by atoms with Gasteiger partial charge in [-0.05, 0) is 0 Å². The third kappa shape index (κ3) is 1.69.